The van der Waals surface area contributed by atoms with Crippen LogP contribution < -0.4 is 0 Å². The summed E-state index contributed by atoms with van der Waals surface area (Å²) in [6, 6.07) is 3.77. The number of hydrogen-bond donors (Lipinski definition) is 1. The highest BCUT2D eigenvalue weighted by molar-refractivity contribution is 7.99. The van der Waals surface area contributed by atoms with Crippen LogP contribution in [0.3, 0.4) is 0 Å². The van der Waals surface area contributed by atoms with E-state index in [9.17, 15) is 5.11 Å². The van der Waals surface area contributed by atoms with Crippen LogP contribution in [0.1, 0.15) is 32.4 Å². The normalized spacial score (nSPS) is 13.3. The Labute approximate surface area is 83.4 Å². The zero-order valence-electron chi connectivity index (χ0n) is 8.19. The number of nitrogens with zero attached hydrogens (tertiary/aromatic N) is 1. The summed E-state index contributed by atoms with van der Waals surface area (Å²) in [4.78, 5) is 4.24. The molecular weight excluding hydrogens is 182 g/mol. The van der Waals surface area contributed by atoms with Gasteiger partial charge in [0.1, 0.15) is 5.03 Å². The van der Waals surface area contributed by atoms with Gasteiger partial charge in [-0.05, 0) is 13.0 Å². The summed E-state index contributed by atoms with van der Waals surface area (Å²) in [6.07, 6.45) is 1.33. The number of rotatable bonds is 3. The highest BCUT2D eigenvalue weighted by atomic mass is 32.2. The fourth-order valence-corrected chi connectivity index (χ4v) is 1.99. The molecule has 0 amide bonds. The highest BCUT2D eigenvalue weighted by Gasteiger charge is 2.09. The number of aliphatic hydroxyl groups excluding tert-OH is 1. The Morgan fingerprint density at radius 3 is 2.62 bits per heavy atom. The van der Waals surface area contributed by atoms with Crippen molar-refractivity contribution in [2.45, 2.75) is 37.2 Å². The number of aromatic nitrogens is 1. The molecule has 0 saturated heterocycles. The maximum absolute atomic E-state index is 9.46. The lowest BCUT2D eigenvalue weighted by Gasteiger charge is -2.11. The lowest BCUT2D eigenvalue weighted by molar-refractivity contribution is 0.195. The van der Waals surface area contributed by atoms with Gasteiger partial charge < -0.3 is 5.11 Å². The highest BCUT2D eigenvalue weighted by Crippen LogP contribution is 2.27. The Hall–Kier alpha value is -0.540. The van der Waals surface area contributed by atoms with Gasteiger partial charge in [0.2, 0.25) is 0 Å². The molecule has 1 heterocycles. The smallest absolute Gasteiger partial charge is 0.102 e. The third kappa shape index (κ3) is 3.01. The molecule has 0 unspecified atom stereocenters. The molecule has 0 spiro atoms. The SMILES string of the molecule is CC(C)Sc1ncccc1[C@@H](C)O. The lowest BCUT2D eigenvalue weighted by Crippen LogP contribution is -1.98. The van der Waals surface area contributed by atoms with Gasteiger partial charge in [-0.1, -0.05) is 19.9 Å². The second kappa shape index (κ2) is 4.63. The van der Waals surface area contributed by atoms with E-state index in [4.69, 9.17) is 0 Å². The largest absolute Gasteiger partial charge is 0.389 e. The van der Waals surface area contributed by atoms with Gasteiger partial charge in [-0.2, -0.15) is 0 Å². The summed E-state index contributed by atoms with van der Waals surface area (Å²) in [6.45, 7) is 6.00. The van der Waals surface area contributed by atoms with Crippen molar-refractivity contribution in [2.24, 2.45) is 0 Å². The van der Waals surface area contributed by atoms with E-state index in [1.165, 1.54) is 0 Å². The van der Waals surface area contributed by atoms with Crippen LogP contribution in [0.5, 0.6) is 0 Å². The molecule has 72 valence electrons. The molecule has 1 aromatic heterocycles. The maximum Gasteiger partial charge on any atom is 0.102 e. The van der Waals surface area contributed by atoms with Crippen molar-refractivity contribution in [2.75, 3.05) is 0 Å². The minimum atomic E-state index is -0.435. The summed E-state index contributed by atoms with van der Waals surface area (Å²) in [5.74, 6) is 0. The van der Waals surface area contributed by atoms with Gasteiger partial charge in [0.15, 0.2) is 0 Å². The quantitative estimate of drug-likeness (QED) is 0.756. The van der Waals surface area contributed by atoms with Crippen molar-refractivity contribution in [3.63, 3.8) is 0 Å². The number of aliphatic hydroxyl groups is 1. The zero-order valence-corrected chi connectivity index (χ0v) is 9.01. The van der Waals surface area contributed by atoms with E-state index in [2.05, 4.69) is 18.8 Å². The van der Waals surface area contributed by atoms with Crippen molar-refractivity contribution < 1.29 is 5.11 Å². The zero-order chi connectivity index (χ0) is 9.84. The fraction of sp³-hybridized carbons (Fsp3) is 0.500. The molecule has 0 aliphatic heterocycles. The molecule has 0 aromatic carbocycles. The van der Waals surface area contributed by atoms with Gasteiger partial charge in [-0.25, -0.2) is 4.98 Å². The predicted molar refractivity (Wildman–Crippen MR) is 55.9 cm³/mol. The van der Waals surface area contributed by atoms with Crippen LogP contribution in [0.15, 0.2) is 23.4 Å². The Balaban J connectivity index is 2.91. The molecule has 2 nitrogen and oxygen atoms in total. The number of pyridine rings is 1. The van der Waals surface area contributed by atoms with Crippen LogP contribution in [0.25, 0.3) is 0 Å². The van der Waals surface area contributed by atoms with Gasteiger partial charge >= 0.3 is 0 Å². The summed E-state index contributed by atoms with van der Waals surface area (Å²) >= 11 is 1.68. The molecule has 0 radical (unpaired) electrons. The first-order valence-corrected chi connectivity index (χ1v) is 5.29. The van der Waals surface area contributed by atoms with Crippen molar-refractivity contribution >= 4 is 11.8 Å². The average molecular weight is 197 g/mol. The van der Waals surface area contributed by atoms with E-state index in [1.54, 1.807) is 24.9 Å². The Morgan fingerprint density at radius 1 is 1.38 bits per heavy atom. The molecule has 1 rings (SSSR count). The second-order valence-corrected chi connectivity index (χ2v) is 4.81. The summed E-state index contributed by atoms with van der Waals surface area (Å²) in [5.41, 5.74) is 0.918. The minimum absolute atomic E-state index is 0.435. The van der Waals surface area contributed by atoms with Crippen LogP contribution in [-0.4, -0.2) is 15.3 Å². The molecule has 0 aliphatic carbocycles. The van der Waals surface area contributed by atoms with Crippen molar-refractivity contribution in [3.8, 4) is 0 Å². The first kappa shape index (κ1) is 10.5. The number of thioether (sulfide) groups is 1. The third-order valence-corrected chi connectivity index (χ3v) is 2.63. The predicted octanol–water partition coefficient (Wildman–Crippen LogP) is 2.64. The third-order valence-electron chi connectivity index (χ3n) is 1.60. The molecule has 1 aromatic rings. The Morgan fingerprint density at radius 2 is 2.08 bits per heavy atom. The van der Waals surface area contributed by atoms with Crippen molar-refractivity contribution in [3.05, 3.63) is 23.9 Å². The molecule has 0 saturated carbocycles. The van der Waals surface area contributed by atoms with Gasteiger partial charge in [0, 0.05) is 17.0 Å². The fourth-order valence-electron chi connectivity index (χ4n) is 1.04. The standard InChI is InChI=1S/C10H15NOS/c1-7(2)13-10-9(8(3)12)5-4-6-11-10/h4-8,12H,1-3H3/t8-/m1/s1. The minimum Gasteiger partial charge on any atom is -0.389 e. The van der Waals surface area contributed by atoms with Gasteiger partial charge in [-0.3, -0.25) is 0 Å². The van der Waals surface area contributed by atoms with Crippen LogP contribution >= 0.6 is 11.8 Å². The topological polar surface area (TPSA) is 33.1 Å². The molecule has 3 heteroatoms. The molecule has 13 heavy (non-hydrogen) atoms. The lowest BCUT2D eigenvalue weighted by atomic mass is 10.2. The van der Waals surface area contributed by atoms with E-state index < -0.39 is 6.10 Å². The summed E-state index contributed by atoms with van der Waals surface area (Å²) < 4.78 is 0. The molecule has 0 bridgehead atoms. The molecule has 0 aliphatic rings. The van der Waals surface area contributed by atoms with E-state index in [0.717, 1.165) is 10.6 Å². The first-order valence-electron chi connectivity index (χ1n) is 4.41. The van der Waals surface area contributed by atoms with E-state index >= 15 is 0 Å². The summed E-state index contributed by atoms with van der Waals surface area (Å²) in [7, 11) is 0. The van der Waals surface area contributed by atoms with Gasteiger partial charge in [0.05, 0.1) is 6.10 Å². The van der Waals surface area contributed by atoms with Crippen LogP contribution in [0.2, 0.25) is 0 Å². The van der Waals surface area contributed by atoms with Crippen LogP contribution in [-0.2, 0) is 0 Å². The van der Waals surface area contributed by atoms with Crippen molar-refractivity contribution in [1.82, 2.24) is 4.98 Å². The van der Waals surface area contributed by atoms with Crippen molar-refractivity contribution in [1.29, 1.82) is 0 Å². The van der Waals surface area contributed by atoms with E-state index in [-0.39, 0.29) is 0 Å². The van der Waals surface area contributed by atoms with Crippen LogP contribution in [0, 0.1) is 0 Å². The summed E-state index contributed by atoms with van der Waals surface area (Å²) in [5, 5.41) is 10.9. The molecule has 1 atom stereocenters. The molecular formula is C10H15NOS. The van der Waals surface area contributed by atoms with Gasteiger partial charge in [0.25, 0.3) is 0 Å². The second-order valence-electron chi connectivity index (χ2n) is 3.24. The number of hydrogen-bond acceptors (Lipinski definition) is 3. The molecule has 1 N–H and O–H groups in total. The Bertz CT molecular complexity index is 273. The Kier molecular flexibility index (Phi) is 3.75. The average Bonchev–Trinajstić information content (AvgIpc) is 2.03. The first-order chi connectivity index (χ1) is 6.11. The monoisotopic (exact) mass is 197 g/mol. The van der Waals surface area contributed by atoms with Gasteiger partial charge in [-0.15, -0.1) is 11.8 Å². The molecule has 0 fully saturated rings. The van der Waals surface area contributed by atoms with Crippen LogP contribution in [0.4, 0.5) is 0 Å². The van der Waals surface area contributed by atoms with E-state index in [0.29, 0.717) is 5.25 Å². The van der Waals surface area contributed by atoms with E-state index in [1.807, 2.05) is 12.1 Å². The maximum atomic E-state index is 9.46.